The zero-order valence-electron chi connectivity index (χ0n) is 7.00. The molecule has 0 aromatic heterocycles. The third kappa shape index (κ3) is 1.61. The van der Waals surface area contributed by atoms with Crippen LogP contribution in [0.4, 0.5) is 24.7 Å². The SMILES string of the molecule is Cc1ccc(N(F)F)c([N+](=O)[O-])c1F. The van der Waals surface area contributed by atoms with E-state index in [1.54, 1.807) is 0 Å². The van der Waals surface area contributed by atoms with Crippen molar-refractivity contribution in [1.29, 1.82) is 0 Å². The Balaban J connectivity index is 3.45. The summed E-state index contributed by atoms with van der Waals surface area (Å²) in [6.07, 6.45) is 0. The van der Waals surface area contributed by atoms with Gasteiger partial charge in [0, 0.05) is 0 Å². The fourth-order valence-electron chi connectivity index (χ4n) is 0.965. The molecule has 1 rings (SSSR count). The summed E-state index contributed by atoms with van der Waals surface area (Å²) in [5, 5.41) is 8.82. The Bertz CT molecular complexity index is 381. The minimum absolute atomic E-state index is 0.0534. The lowest BCUT2D eigenvalue weighted by atomic mass is 10.2. The van der Waals surface area contributed by atoms with E-state index in [9.17, 15) is 23.5 Å². The first-order chi connectivity index (χ1) is 6.45. The first kappa shape index (κ1) is 10.3. The average Bonchev–Trinajstić information content (AvgIpc) is 2.08. The highest BCUT2D eigenvalue weighted by molar-refractivity contribution is 5.62. The summed E-state index contributed by atoms with van der Waals surface area (Å²) < 4.78 is 37.2. The van der Waals surface area contributed by atoms with Crippen LogP contribution >= 0.6 is 0 Å². The molecule has 7 heteroatoms. The number of nitro groups is 1. The van der Waals surface area contributed by atoms with Crippen molar-refractivity contribution in [3.05, 3.63) is 33.6 Å². The van der Waals surface area contributed by atoms with Crippen LogP contribution in [0.5, 0.6) is 0 Å². The predicted octanol–water partition coefficient (Wildman–Crippen LogP) is 2.62. The number of halogens is 3. The van der Waals surface area contributed by atoms with Gasteiger partial charge in [-0.25, -0.2) is 0 Å². The Morgan fingerprint density at radius 2 is 2.00 bits per heavy atom. The standard InChI is InChI=1S/C7H5F3N2O2/c1-4-2-3-5(11(9)10)7(6(4)8)12(13)14/h2-3H,1H3. The summed E-state index contributed by atoms with van der Waals surface area (Å²) in [7, 11) is 0. The monoisotopic (exact) mass is 206 g/mol. The molecule has 0 aliphatic heterocycles. The van der Waals surface area contributed by atoms with E-state index in [1.807, 2.05) is 0 Å². The van der Waals surface area contributed by atoms with Gasteiger partial charge in [-0.2, -0.15) is 4.39 Å². The van der Waals surface area contributed by atoms with Crippen molar-refractivity contribution in [3.63, 3.8) is 0 Å². The Morgan fingerprint density at radius 1 is 1.43 bits per heavy atom. The lowest BCUT2D eigenvalue weighted by Gasteiger charge is -2.05. The summed E-state index contributed by atoms with van der Waals surface area (Å²) in [6, 6.07) is 1.83. The number of rotatable bonds is 2. The van der Waals surface area contributed by atoms with Crippen LogP contribution in [-0.2, 0) is 0 Å². The van der Waals surface area contributed by atoms with E-state index in [2.05, 4.69) is 0 Å². The van der Waals surface area contributed by atoms with Gasteiger partial charge in [-0.05, 0) is 23.9 Å². The van der Waals surface area contributed by atoms with Gasteiger partial charge in [0.25, 0.3) is 0 Å². The van der Waals surface area contributed by atoms with E-state index in [0.29, 0.717) is 0 Å². The first-order valence-corrected chi connectivity index (χ1v) is 3.50. The molecule has 0 aliphatic carbocycles. The van der Waals surface area contributed by atoms with Gasteiger partial charge in [-0.3, -0.25) is 10.1 Å². The number of benzene rings is 1. The fourth-order valence-corrected chi connectivity index (χ4v) is 0.965. The summed E-state index contributed by atoms with van der Waals surface area (Å²) in [4.78, 5) is 9.13. The van der Waals surface area contributed by atoms with Crippen molar-refractivity contribution in [2.45, 2.75) is 6.92 Å². The number of hydrogen-bond donors (Lipinski definition) is 0. The normalized spacial score (nSPS) is 10.0. The molecular weight excluding hydrogens is 201 g/mol. The molecule has 0 saturated heterocycles. The summed E-state index contributed by atoms with van der Waals surface area (Å²) in [6.45, 7) is 1.26. The van der Waals surface area contributed by atoms with Crippen molar-refractivity contribution < 1.29 is 18.3 Å². The molecule has 0 saturated carbocycles. The van der Waals surface area contributed by atoms with Crippen molar-refractivity contribution in [1.82, 2.24) is 0 Å². The predicted molar refractivity (Wildman–Crippen MR) is 42.5 cm³/mol. The number of hydrogen-bond acceptors (Lipinski definition) is 3. The molecule has 14 heavy (non-hydrogen) atoms. The maximum Gasteiger partial charge on any atom is 0.333 e. The lowest BCUT2D eigenvalue weighted by molar-refractivity contribution is -0.387. The Labute approximate surface area is 76.6 Å². The Hall–Kier alpha value is -1.79. The van der Waals surface area contributed by atoms with Crippen LogP contribution in [-0.4, -0.2) is 4.92 Å². The van der Waals surface area contributed by atoms with Gasteiger partial charge in [-0.15, -0.1) is 0 Å². The van der Waals surface area contributed by atoms with Crippen LogP contribution in [0.1, 0.15) is 5.56 Å². The van der Waals surface area contributed by atoms with Gasteiger partial charge in [0.2, 0.25) is 5.82 Å². The molecule has 0 aliphatic rings. The van der Waals surface area contributed by atoms with Gasteiger partial charge in [0.15, 0.2) is 5.69 Å². The molecule has 76 valence electrons. The number of nitro benzene ring substituents is 1. The van der Waals surface area contributed by atoms with Crippen LogP contribution < -0.4 is 5.34 Å². The highest BCUT2D eigenvalue weighted by Gasteiger charge is 2.26. The maximum absolute atomic E-state index is 13.1. The molecule has 1 aromatic rings. The molecule has 0 spiro atoms. The topological polar surface area (TPSA) is 46.4 Å². The van der Waals surface area contributed by atoms with Crippen LogP contribution in [0.25, 0.3) is 0 Å². The van der Waals surface area contributed by atoms with Crippen LogP contribution in [0, 0.1) is 22.9 Å². The summed E-state index contributed by atoms with van der Waals surface area (Å²) in [5.41, 5.74) is -2.32. The van der Waals surface area contributed by atoms with E-state index in [0.717, 1.165) is 12.1 Å². The third-order valence-corrected chi connectivity index (χ3v) is 1.65. The van der Waals surface area contributed by atoms with Crippen LogP contribution in [0.3, 0.4) is 0 Å². The molecule has 0 amide bonds. The molecule has 0 heterocycles. The van der Waals surface area contributed by atoms with Gasteiger partial charge in [-0.1, -0.05) is 15.0 Å². The molecule has 4 nitrogen and oxygen atoms in total. The zero-order valence-corrected chi connectivity index (χ0v) is 7.00. The third-order valence-electron chi connectivity index (χ3n) is 1.65. The lowest BCUT2D eigenvalue weighted by Crippen LogP contribution is -2.04. The average molecular weight is 206 g/mol. The van der Waals surface area contributed by atoms with Crippen LogP contribution in [0.2, 0.25) is 0 Å². The second-order valence-corrected chi connectivity index (χ2v) is 2.55. The molecule has 1 aromatic carbocycles. The Morgan fingerprint density at radius 3 is 2.43 bits per heavy atom. The molecule has 0 N–H and O–H groups in total. The van der Waals surface area contributed by atoms with E-state index >= 15 is 0 Å². The number of anilines is 1. The van der Waals surface area contributed by atoms with Gasteiger partial charge in [0.1, 0.15) is 0 Å². The highest BCUT2D eigenvalue weighted by Crippen LogP contribution is 2.32. The van der Waals surface area contributed by atoms with Gasteiger partial charge >= 0.3 is 5.69 Å². The second-order valence-electron chi connectivity index (χ2n) is 2.55. The quantitative estimate of drug-likeness (QED) is 0.424. The van der Waals surface area contributed by atoms with Gasteiger partial charge in [0.05, 0.1) is 4.92 Å². The molecule has 0 fully saturated rings. The highest BCUT2D eigenvalue weighted by atomic mass is 19.4. The Kier molecular flexibility index (Phi) is 2.59. The van der Waals surface area contributed by atoms with E-state index < -0.39 is 27.5 Å². The summed E-state index contributed by atoms with van der Waals surface area (Å²) in [5.74, 6) is -1.24. The van der Waals surface area contributed by atoms with Gasteiger partial charge < -0.3 is 0 Å². The van der Waals surface area contributed by atoms with E-state index in [-0.39, 0.29) is 5.56 Å². The van der Waals surface area contributed by atoms with Crippen molar-refractivity contribution >= 4 is 11.4 Å². The van der Waals surface area contributed by atoms with E-state index in [4.69, 9.17) is 0 Å². The maximum atomic E-state index is 13.1. The largest absolute Gasteiger partial charge is 0.333 e. The smallest absolute Gasteiger partial charge is 0.258 e. The number of aryl methyl sites for hydroxylation is 1. The second kappa shape index (κ2) is 3.52. The molecule has 0 unspecified atom stereocenters. The zero-order chi connectivity index (χ0) is 10.9. The minimum Gasteiger partial charge on any atom is -0.258 e. The van der Waals surface area contributed by atoms with E-state index in [1.165, 1.54) is 6.92 Å². The molecule has 0 atom stereocenters. The van der Waals surface area contributed by atoms with Crippen molar-refractivity contribution in [2.75, 3.05) is 5.34 Å². The van der Waals surface area contributed by atoms with Crippen LogP contribution in [0.15, 0.2) is 12.1 Å². The minimum atomic E-state index is -1.49. The molecule has 0 bridgehead atoms. The molecule has 0 radical (unpaired) electrons. The first-order valence-electron chi connectivity index (χ1n) is 3.50. The van der Waals surface area contributed by atoms with Crippen molar-refractivity contribution in [2.24, 2.45) is 0 Å². The summed E-state index contributed by atoms with van der Waals surface area (Å²) >= 11 is 0. The molecular formula is C7H5F3N2O2. The number of nitrogens with zero attached hydrogens (tertiary/aromatic N) is 2. The fraction of sp³-hybridized carbons (Fsp3) is 0.143. The van der Waals surface area contributed by atoms with Crippen molar-refractivity contribution in [3.8, 4) is 0 Å².